The van der Waals surface area contributed by atoms with Gasteiger partial charge in [0.2, 0.25) is 5.13 Å². The zero-order chi connectivity index (χ0) is 12.3. The highest BCUT2D eigenvalue weighted by atomic mass is 32.2. The van der Waals surface area contributed by atoms with E-state index in [-0.39, 0.29) is 0 Å². The van der Waals surface area contributed by atoms with Crippen LogP contribution in [0.1, 0.15) is 15.9 Å². The normalized spacial score (nSPS) is 10.4. The maximum absolute atomic E-state index is 10.8. The van der Waals surface area contributed by atoms with Crippen molar-refractivity contribution in [3.05, 3.63) is 35.4 Å². The number of benzene rings is 1. The van der Waals surface area contributed by atoms with E-state index in [1.807, 2.05) is 6.07 Å². The summed E-state index contributed by atoms with van der Waals surface area (Å²) in [6, 6.07) is 6.83. The smallest absolute Gasteiger partial charge is 0.335 e. The average Bonchev–Trinajstić information content (AvgIpc) is 2.73. The molecule has 0 fully saturated rings. The summed E-state index contributed by atoms with van der Waals surface area (Å²) in [5.41, 5.74) is 6.69. The Morgan fingerprint density at radius 3 is 2.94 bits per heavy atom. The minimum atomic E-state index is -0.919. The van der Waals surface area contributed by atoms with E-state index in [9.17, 15) is 4.79 Å². The van der Waals surface area contributed by atoms with Gasteiger partial charge in [0.15, 0.2) is 4.34 Å². The van der Waals surface area contributed by atoms with E-state index >= 15 is 0 Å². The number of carboxylic acids is 1. The van der Waals surface area contributed by atoms with Crippen molar-refractivity contribution in [1.29, 1.82) is 0 Å². The molecule has 1 aromatic heterocycles. The molecule has 1 heterocycles. The van der Waals surface area contributed by atoms with Crippen LogP contribution in [0.5, 0.6) is 0 Å². The van der Waals surface area contributed by atoms with Crippen molar-refractivity contribution in [2.45, 2.75) is 10.1 Å². The zero-order valence-electron chi connectivity index (χ0n) is 8.66. The van der Waals surface area contributed by atoms with Gasteiger partial charge in [0.05, 0.1) is 5.56 Å². The van der Waals surface area contributed by atoms with Crippen LogP contribution in [0.25, 0.3) is 0 Å². The zero-order valence-corrected chi connectivity index (χ0v) is 10.3. The second-order valence-electron chi connectivity index (χ2n) is 3.20. The van der Waals surface area contributed by atoms with E-state index in [2.05, 4.69) is 10.2 Å². The third-order valence-corrected chi connectivity index (χ3v) is 3.92. The molecule has 0 unspecified atom stereocenters. The maximum Gasteiger partial charge on any atom is 0.335 e. The van der Waals surface area contributed by atoms with Gasteiger partial charge in [-0.05, 0) is 17.7 Å². The Morgan fingerprint density at radius 2 is 2.29 bits per heavy atom. The molecule has 2 aromatic rings. The molecular formula is C10H9N3O2S2. The van der Waals surface area contributed by atoms with Gasteiger partial charge < -0.3 is 10.8 Å². The molecule has 0 amide bonds. The summed E-state index contributed by atoms with van der Waals surface area (Å²) in [4.78, 5) is 10.8. The SMILES string of the molecule is Nc1nnc(SCc2cccc(C(=O)O)c2)s1. The van der Waals surface area contributed by atoms with Crippen LogP contribution >= 0.6 is 23.1 Å². The first-order valence-corrected chi connectivity index (χ1v) is 6.49. The van der Waals surface area contributed by atoms with Gasteiger partial charge in [0, 0.05) is 5.75 Å². The first kappa shape index (κ1) is 11.9. The van der Waals surface area contributed by atoms with Gasteiger partial charge in [-0.25, -0.2) is 4.79 Å². The molecule has 5 nitrogen and oxygen atoms in total. The summed E-state index contributed by atoms with van der Waals surface area (Å²) in [7, 11) is 0. The van der Waals surface area contributed by atoms with E-state index in [0.717, 1.165) is 9.90 Å². The lowest BCUT2D eigenvalue weighted by Gasteiger charge is -2.00. The van der Waals surface area contributed by atoms with Gasteiger partial charge in [0.25, 0.3) is 0 Å². The monoisotopic (exact) mass is 267 g/mol. The van der Waals surface area contributed by atoms with Crippen molar-refractivity contribution < 1.29 is 9.90 Å². The lowest BCUT2D eigenvalue weighted by molar-refractivity contribution is 0.0697. The molecule has 0 aliphatic carbocycles. The summed E-state index contributed by atoms with van der Waals surface area (Å²) in [5.74, 6) is -0.271. The van der Waals surface area contributed by atoms with Crippen molar-refractivity contribution in [3.63, 3.8) is 0 Å². The Hall–Kier alpha value is -1.60. The van der Waals surface area contributed by atoms with Crippen molar-refractivity contribution in [3.8, 4) is 0 Å². The molecule has 0 saturated carbocycles. The van der Waals surface area contributed by atoms with Crippen LogP contribution in [0.15, 0.2) is 28.6 Å². The Labute approximate surface area is 106 Å². The number of rotatable bonds is 4. The minimum Gasteiger partial charge on any atom is -0.478 e. The first-order valence-electron chi connectivity index (χ1n) is 4.69. The number of nitrogens with zero attached hydrogens (tertiary/aromatic N) is 2. The quantitative estimate of drug-likeness (QED) is 0.825. The molecule has 0 aliphatic heterocycles. The van der Waals surface area contributed by atoms with Gasteiger partial charge in [0.1, 0.15) is 0 Å². The fourth-order valence-electron chi connectivity index (χ4n) is 1.22. The number of carbonyl (C=O) groups is 1. The molecule has 17 heavy (non-hydrogen) atoms. The molecule has 88 valence electrons. The number of nitrogen functional groups attached to an aromatic ring is 1. The van der Waals surface area contributed by atoms with E-state index in [0.29, 0.717) is 16.4 Å². The summed E-state index contributed by atoms with van der Waals surface area (Å²) in [5, 5.41) is 16.9. The molecule has 0 radical (unpaired) electrons. The molecule has 0 atom stereocenters. The number of anilines is 1. The lowest BCUT2D eigenvalue weighted by atomic mass is 10.1. The van der Waals surface area contributed by atoms with Crippen LogP contribution in [0.4, 0.5) is 5.13 Å². The van der Waals surface area contributed by atoms with Crippen LogP contribution in [0.3, 0.4) is 0 Å². The summed E-state index contributed by atoms with van der Waals surface area (Å²) < 4.78 is 0.781. The van der Waals surface area contributed by atoms with Gasteiger partial charge in [-0.15, -0.1) is 10.2 Å². The summed E-state index contributed by atoms with van der Waals surface area (Å²) >= 11 is 2.81. The van der Waals surface area contributed by atoms with Crippen molar-refractivity contribution >= 4 is 34.2 Å². The summed E-state index contributed by atoms with van der Waals surface area (Å²) in [6.45, 7) is 0. The number of thioether (sulfide) groups is 1. The van der Waals surface area contributed by atoms with Crippen LogP contribution < -0.4 is 5.73 Å². The predicted octanol–water partition coefficient (Wildman–Crippen LogP) is 2.11. The van der Waals surface area contributed by atoms with Gasteiger partial charge in [-0.1, -0.05) is 35.2 Å². The minimum absolute atomic E-state index is 0.292. The molecule has 2 rings (SSSR count). The lowest BCUT2D eigenvalue weighted by Crippen LogP contribution is -1.96. The van der Waals surface area contributed by atoms with E-state index in [1.54, 1.807) is 18.2 Å². The van der Waals surface area contributed by atoms with E-state index in [4.69, 9.17) is 10.8 Å². The standard InChI is InChI=1S/C10H9N3O2S2/c11-9-12-13-10(17-9)16-5-6-2-1-3-7(4-6)8(14)15/h1-4H,5H2,(H2,11,12)(H,14,15). The molecule has 1 aromatic carbocycles. The highest BCUT2D eigenvalue weighted by Gasteiger charge is 2.05. The number of nitrogens with two attached hydrogens (primary N) is 1. The van der Waals surface area contributed by atoms with Crippen molar-refractivity contribution in [2.24, 2.45) is 0 Å². The molecule has 0 aliphatic rings. The average molecular weight is 267 g/mol. The van der Waals surface area contributed by atoms with Crippen molar-refractivity contribution in [2.75, 3.05) is 5.73 Å². The van der Waals surface area contributed by atoms with Gasteiger partial charge in [-0.2, -0.15) is 0 Å². The molecular weight excluding hydrogens is 258 g/mol. The third-order valence-electron chi connectivity index (χ3n) is 1.96. The topological polar surface area (TPSA) is 89.1 Å². The number of aromatic carboxylic acids is 1. The van der Waals surface area contributed by atoms with E-state index in [1.165, 1.54) is 23.1 Å². The first-order chi connectivity index (χ1) is 8.15. The Balaban J connectivity index is 2.04. The molecule has 0 saturated heterocycles. The number of aromatic nitrogens is 2. The Morgan fingerprint density at radius 1 is 1.47 bits per heavy atom. The van der Waals surface area contributed by atoms with E-state index < -0.39 is 5.97 Å². The van der Waals surface area contributed by atoms with Gasteiger partial charge >= 0.3 is 5.97 Å². The molecule has 7 heteroatoms. The number of hydrogen-bond acceptors (Lipinski definition) is 6. The fraction of sp³-hybridized carbons (Fsp3) is 0.100. The maximum atomic E-state index is 10.8. The fourth-order valence-corrected chi connectivity index (χ4v) is 2.80. The Bertz CT molecular complexity index is 542. The second kappa shape index (κ2) is 5.15. The van der Waals surface area contributed by atoms with Gasteiger partial charge in [-0.3, -0.25) is 0 Å². The molecule has 0 spiro atoms. The van der Waals surface area contributed by atoms with Crippen LogP contribution in [-0.2, 0) is 5.75 Å². The predicted molar refractivity (Wildman–Crippen MR) is 67.3 cm³/mol. The van der Waals surface area contributed by atoms with Crippen LogP contribution in [-0.4, -0.2) is 21.3 Å². The summed E-state index contributed by atoms with van der Waals surface area (Å²) in [6.07, 6.45) is 0. The third kappa shape index (κ3) is 3.18. The largest absolute Gasteiger partial charge is 0.478 e. The molecule has 3 N–H and O–H groups in total. The van der Waals surface area contributed by atoms with Crippen LogP contribution in [0.2, 0.25) is 0 Å². The second-order valence-corrected chi connectivity index (χ2v) is 5.43. The van der Waals surface area contributed by atoms with Crippen molar-refractivity contribution in [1.82, 2.24) is 10.2 Å². The molecule has 0 bridgehead atoms. The highest BCUT2D eigenvalue weighted by Crippen LogP contribution is 2.26. The number of carboxylic acid groups (broad SMARTS) is 1. The Kier molecular flexibility index (Phi) is 3.60. The highest BCUT2D eigenvalue weighted by molar-refractivity contribution is 8.00. The number of hydrogen-bond donors (Lipinski definition) is 2. The van der Waals surface area contributed by atoms with Crippen LogP contribution in [0, 0.1) is 0 Å².